The van der Waals surface area contributed by atoms with Gasteiger partial charge in [0.25, 0.3) is 5.91 Å². The Balaban J connectivity index is 1.43. The van der Waals surface area contributed by atoms with Crippen LogP contribution in [0.1, 0.15) is 29.3 Å². The largest absolute Gasteiger partial charge is 0.441 e. The van der Waals surface area contributed by atoms with E-state index in [1.54, 1.807) is 10.9 Å². The van der Waals surface area contributed by atoms with Crippen LogP contribution in [0, 0.1) is 20.8 Å². The monoisotopic (exact) mass is 381 g/mol. The third kappa shape index (κ3) is 5.06. The highest BCUT2D eigenvalue weighted by Crippen LogP contribution is 2.21. The number of oxazole rings is 1. The summed E-state index contributed by atoms with van der Waals surface area (Å²) in [5, 5.41) is 4.21. The maximum Gasteiger partial charge on any atom is 0.260 e. The summed E-state index contributed by atoms with van der Waals surface area (Å²) in [5.41, 5.74) is 8.61. The Morgan fingerprint density at radius 2 is 1.79 bits per heavy atom. The molecule has 0 bridgehead atoms. The van der Waals surface area contributed by atoms with E-state index >= 15 is 0 Å². The van der Waals surface area contributed by atoms with Crippen molar-refractivity contribution in [3.63, 3.8) is 0 Å². The molecule has 0 fully saturated rings. The standard InChI is InChI=1S/C20H23N5O3/c1-13-4-6-16(7-5-13)17-11-21-20(28-17)9-8-18(26)22-23-19(27)12-25-15(3)10-14(2)24-25/h4-7,10-11H,8-9,12H2,1-3H3,(H,22,26)(H,23,27). The Hall–Kier alpha value is -3.42. The first kappa shape index (κ1) is 19.3. The van der Waals surface area contributed by atoms with Gasteiger partial charge in [0.05, 0.1) is 11.9 Å². The fourth-order valence-corrected chi connectivity index (χ4v) is 2.71. The van der Waals surface area contributed by atoms with Crippen LogP contribution in [-0.4, -0.2) is 26.6 Å². The molecule has 0 atom stereocenters. The van der Waals surface area contributed by atoms with Crippen LogP contribution in [0.3, 0.4) is 0 Å². The van der Waals surface area contributed by atoms with Gasteiger partial charge in [0.15, 0.2) is 11.7 Å². The van der Waals surface area contributed by atoms with E-state index in [0.717, 1.165) is 17.0 Å². The highest BCUT2D eigenvalue weighted by molar-refractivity contribution is 5.81. The average Bonchev–Trinajstić information content (AvgIpc) is 3.25. The Morgan fingerprint density at radius 3 is 2.46 bits per heavy atom. The Morgan fingerprint density at radius 1 is 1.07 bits per heavy atom. The van der Waals surface area contributed by atoms with Crippen molar-refractivity contribution in [2.75, 3.05) is 0 Å². The lowest BCUT2D eigenvalue weighted by Crippen LogP contribution is -2.43. The van der Waals surface area contributed by atoms with E-state index in [1.807, 2.05) is 51.1 Å². The van der Waals surface area contributed by atoms with Crippen LogP contribution in [0.4, 0.5) is 0 Å². The smallest absolute Gasteiger partial charge is 0.260 e. The second-order valence-corrected chi connectivity index (χ2v) is 6.67. The summed E-state index contributed by atoms with van der Waals surface area (Å²) in [5.74, 6) is 0.461. The van der Waals surface area contributed by atoms with Crippen molar-refractivity contribution in [3.05, 3.63) is 59.4 Å². The van der Waals surface area contributed by atoms with E-state index in [0.29, 0.717) is 18.1 Å². The SMILES string of the molecule is Cc1ccc(-c2cnc(CCC(=O)NNC(=O)Cn3nc(C)cc3C)o2)cc1. The minimum atomic E-state index is -0.350. The molecule has 3 aromatic rings. The Bertz CT molecular complexity index is 972. The molecule has 3 rings (SSSR count). The number of nitrogens with zero attached hydrogens (tertiary/aromatic N) is 3. The molecule has 0 spiro atoms. The third-order valence-electron chi connectivity index (χ3n) is 4.19. The molecule has 2 aromatic heterocycles. The van der Waals surface area contributed by atoms with Crippen LogP contribution in [-0.2, 0) is 22.6 Å². The fourth-order valence-electron chi connectivity index (χ4n) is 2.71. The molecule has 0 aliphatic rings. The first-order chi connectivity index (χ1) is 13.4. The van der Waals surface area contributed by atoms with Gasteiger partial charge in [-0.2, -0.15) is 5.10 Å². The summed E-state index contributed by atoms with van der Waals surface area (Å²) in [7, 11) is 0. The number of amides is 2. The van der Waals surface area contributed by atoms with E-state index in [-0.39, 0.29) is 24.8 Å². The number of nitrogens with one attached hydrogen (secondary N) is 2. The number of aromatic nitrogens is 3. The molecule has 146 valence electrons. The molecule has 0 unspecified atom stereocenters. The summed E-state index contributed by atoms with van der Waals surface area (Å²) in [6, 6.07) is 9.81. The molecular weight excluding hydrogens is 358 g/mol. The van der Waals surface area contributed by atoms with Crippen molar-refractivity contribution in [1.29, 1.82) is 0 Å². The van der Waals surface area contributed by atoms with Gasteiger partial charge in [0, 0.05) is 24.1 Å². The van der Waals surface area contributed by atoms with Crippen molar-refractivity contribution in [1.82, 2.24) is 25.6 Å². The van der Waals surface area contributed by atoms with E-state index in [9.17, 15) is 9.59 Å². The van der Waals surface area contributed by atoms with Crippen LogP contribution in [0.5, 0.6) is 0 Å². The van der Waals surface area contributed by atoms with Gasteiger partial charge in [-0.25, -0.2) is 4.98 Å². The second kappa shape index (κ2) is 8.51. The molecule has 0 saturated heterocycles. The molecule has 1 aromatic carbocycles. The zero-order valence-corrected chi connectivity index (χ0v) is 16.2. The van der Waals surface area contributed by atoms with Crippen molar-refractivity contribution in [2.24, 2.45) is 0 Å². The number of hydrogen-bond acceptors (Lipinski definition) is 5. The van der Waals surface area contributed by atoms with Crippen molar-refractivity contribution >= 4 is 11.8 Å². The Labute approximate surface area is 162 Å². The zero-order valence-electron chi connectivity index (χ0n) is 16.2. The second-order valence-electron chi connectivity index (χ2n) is 6.67. The lowest BCUT2D eigenvalue weighted by atomic mass is 10.1. The minimum absolute atomic E-state index is 0.0413. The van der Waals surface area contributed by atoms with Gasteiger partial charge in [0.1, 0.15) is 6.54 Å². The van der Waals surface area contributed by atoms with Gasteiger partial charge >= 0.3 is 0 Å². The van der Waals surface area contributed by atoms with Crippen molar-refractivity contribution in [2.45, 2.75) is 40.2 Å². The summed E-state index contributed by atoms with van der Waals surface area (Å²) in [4.78, 5) is 28.1. The van der Waals surface area contributed by atoms with Gasteiger partial charge in [-0.1, -0.05) is 29.8 Å². The van der Waals surface area contributed by atoms with Crippen LogP contribution in [0.25, 0.3) is 11.3 Å². The molecule has 8 heteroatoms. The third-order valence-corrected chi connectivity index (χ3v) is 4.19. The van der Waals surface area contributed by atoms with Gasteiger partial charge in [-0.15, -0.1) is 0 Å². The summed E-state index contributed by atoms with van der Waals surface area (Å²) in [6.07, 6.45) is 2.13. The first-order valence-corrected chi connectivity index (χ1v) is 9.01. The maximum absolute atomic E-state index is 11.9. The number of carbonyl (C=O) groups is 2. The van der Waals surface area contributed by atoms with Crippen LogP contribution in [0.2, 0.25) is 0 Å². The number of benzene rings is 1. The number of hydrazine groups is 1. The lowest BCUT2D eigenvalue weighted by molar-refractivity contribution is -0.129. The average molecular weight is 381 g/mol. The summed E-state index contributed by atoms with van der Waals surface area (Å²) in [6.45, 7) is 5.78. The molecule has 2 heterocycles. The number of hydrogen-bond donors (Lipinski definition) is 2. The van der Waals surface area contributed by atoms with Crippen LogP contribution in [0.15, 0.2) is 40.9 Å². The van der Waals surface area contributed by atoms with Gasteiger partial charge in [-0.05, 0) is 26.8 Å². The van der Waals surface area contributed by atoms with Gasteiger partial charge in [0.2, 0.25) is 5.91 Å². The topological polar surface area (TPSA) is 102 Å². The number of rotatable bonds is 6. The van der Waals surface area contributed by atoms with E-state index in [4.69, 9.17) is 4.42 Å². The first-order valence-electron chi connectivity index (χ1n) is 9.01. The van der Waals surface area contributed by atoms with Gasteiger partial charge in [-0.3, -0.25) is 25.1 Å². The van der Waals surface area contributed by atoms with Crippen LogP contribution < -0.4 is 10.9 Å². The quantitative estimate of drug-likeness (QED) is 0.638. The summed E-state index contributed by atoms with van der Waals surface area (Å²) >= 11 is 0. The van der Waals surface area contributed by atoms with Crippen molar-refractivity contribution in [3.8, 4) is 11.3 Å². The Kier molecular flexibility index (Phi) is 5.88. The lowest BCUT2D eigenvalue weighted by Gasteiger charge is -2.08. The number of carbonyl (C=O) groups excluding carboxylic acids is 2. The molecule has 2 amide bonds. The zero-order chi connectivity index (χ0) is 20.1. The molecule has 0 saturated carbocycles. The predicted molar refractivity (Wildman–Crippen MR) is 103 cm³/mol. The molecule has 0 aliphatic carbocycles. The fraction of sp³-hybridized carbons (Fsp3) is 0.300. The molecule has 28 heavy (non-hydrogen) atoms. The van der Waals surface area contributed by atoms with Crippen molar-refractivity contribution < 1.29 is 14.0 Å². The number of aryl methyl sites for hydroxylation is 4. The highest BCUT2D eigenvalue weighted by atomic mass is 16.4. The van der Waals surface area contributed by atoms with E-state index in [2.05, 4.69) is 20.9 Å². The normalized spacial score (nSPS) is 10.7. The molecule has 0 radical (unpaired) electrons. The van der Waals surface area contributed by atoms with Crippen LogP contribution >= 0.6 is 0 Å². The molecule has 0 aliphatic heterocycles. The minimum Gasteiger partial charge on any atom is -0.441 e. The molecular formula is C20H23N5O3. The molecule has 8 nitrogen and oxygen atoms in total. The van der Waals surface area contributed by atoms with E-state index < -0.39 is 0 Å². The maximum atomic E-state index is 11.9. The summed E-state index contributed by atoms with van der Waals surface area (Å²) < 4.78 is 7.27. The molecule has 2 N–H and O–H groups in total. The van der Waals surface area contributed by atoms with Gasteiger partial charge < -0.3 is 4.42 Å². The van der Waals surface area contributed by atoms with E-state index in [1.165, 1.54) is 5.56 Å². The highest BCUT2D eigenvalue weighted by Gasteiger charge is 2.11. The predicted octanol–water partition coefficient (Wildman–Crippen LogP) is 2.24.